The molecular weight excluding hydrogens is 370 g/mol. The predicted octanol–water partition coefficient (Wildman–Crippen LogP) is 2.35. The van der Waals surface area contributed by atoms with E-state index in [-0.39, 0.29) is 6.10 Å². The molecule has 0 radical (unpaired) electrons. The van der Waals surface area contributed by atoms with Crippen LogP contribution >= 0.6 is 22.7 Å². The van der Waals surface area contributed by atoms with E-state index < -0.39 is 11.6 Å². The molecule has 7 heteroatoms. The summed E-state index contributed by atoms with van der Waals surface area (Å²) in [6.07, 6.45) is 2.05. The van der Waals surface area contributed by atoms with Crippen LogP contribution < -0.4 is 0 Å². The van der Waals surface area contributed by atoms with E-state index in [4.69, 9.17) is 9.47 Å². The lowest BCUT2D eigenvalue weighted by Gasteiger charge is -2.45. The molecule has 0 aromatic carbocycles. The molecule has 0 amide bonds. The van der Waals surface area contributed by atoms with Crippen molar-refractivity contribution in [3.63, 3.8) is 0 Å². The van der Waals surface area contributed by atoms with Gasteiger partial charge in [-0.1, -0.05) is 12.1 Å². The number of quaternary nitrogens is 1. The van der Waals surface area contributed by atoms with E-state index in [0.29, 0.717) is 34.0 Å². The third kappa shape index (κ3) is 2.28. The molecule has 0 aliphatic carbocycles. The number of aliphatic hydroxyl groups is 1. The van der Waals surface area contributed by atoms with Crippen LogP contribution in [-0.4, -0.2) is 60.0 Å². The molecular formula is C19H22NO4S2+. The molecule has 0 spiro atoms. The highest BCUT2D eigenvalue weighted by atomic mass is 32.1. The zero-order valence-electron chi connectivity index (χ0n) is 14.7. The molecule has 2 bridgehead atoms. The van der Waals surface area contributed by atoms with Crippen LogP contribution in [0, 0.1) is 0 Å². The number of piperidine rings is 1. The van der Waals surface area contributed by atoms with Gasteiger partial charge in [-0.25, -0.2) is 4.79 Å². The molecule has 5 nitrogen and oxygen atoms in total. The van der Waals surface area contributed by atoms with Crippen molar-refractivity contribution < 1.29 is 23.9 Å². The van der Waals surface area contributed by atoms with Crippen LogP contribution in [0.15, 0.2) is 35.0 Å². The number of epoxide rings is 1. The Morgan fingerprint density at radius 2 is 1.69 bits per heavy atom. The molecule has 1 N–H and O–H groups in total. The second kappa shape index (κ2) is 5.62. The fourth-order valence-corrected chi connectivity index (χ4v) is 6.54. The first kappa shape index (κ1) is 16.9. The first-order valence-electron chi connectivity index (χ1n) is 8.92. The fourth-order valence-electron chi connectivity index (χ4n) is 4.83. The number of nitrogens with zero attached hydrogens (tertiary/aromatic N) is 1. The molecule has 5 heterocycles. The monoisotopic (exact) mass is 392 g/mol. The normalized spacial score (nSPS) is 34.3. The lowest BCUT2D eigenvalue weighted by Crippen LogP contribution is -2.60. The Labute approximate surface area is 160 Å². The van der Waals surface area contributed by atoms with Gasteiger partial charge in [-0.15, -0.1) is 22.7 Å². The van der Waals surface area contributed by atoms with E-state index in [1.807, 2.05) is 22.9 Å². The summed E-state index contributed by atoms with van der Waals surface area (Å²) in [6, 6.07) is 8.01. The van der Waals surface area contributed by atoms with E-state index in [1.165, 1.54) is 22.7 Å². The molecule has 5 rings (SSSR count). The summed E-state index contributed by atoms with van der Waals surface area (Å²) in [5.74, 6) is -0.561. The molecule has 2 aromatic heterocycles. The highest BCUT2D eigenvalue weighted by Crippen LogP contribution is 2.52. The van der Waals surface area contributed by atoms with Crippen molar-refractivity contribution in [1.29, 1.82) is 0 Å². The highest BCUT2D eigenvalue weighted by Gasteiger charge is 2.71. The molecule has 26 heavy (non-hydrogen) atoms. The van der Waals surface area contributed by atoms with E-state index >= 15 is 0 Å². The van der Waals surface area contributed by atoms with Gasteiger partial charge in [0.05, 0.1) is 23.8 Å². The number of carbonyl (C=O) groups excluding carboxylic acids is 1. The molecule has 3 fully saturated rings. The summed E-state index contributed by atoms with van der Waals surface area (Å²) in [6.45, 7) is 0. The minimum Gasteiger partial charge on any atom is -0.459 e. The van der Waals surface area contributed by atoms with Crippen molar-refractivity contribution in [3.8, 4) is 0 Å². The van der Waals surface area contributed by atoms with Gasteiger partial charge in [-0.05, 0) is 22.9 Å². The number of esters is 1. The number of fused-ring (bicyclic) bond motifs is 5. The van der Waals surface area contributed by atoms with E-state index in [0.717, 1.165) is 17.3 Å². The summed E-state index contributed by atoms with van der Waals surface area (Å²) in [7, 11) is 4.49. The van der Waals surface area contributed by atoms with Crippen LogP contribution in [0.25, 0.3) is 0 Å². The standard InChI is InChI=1S/C19H22NO4S2/c1-20(2)12-9-11(10-13(20)17-16(12)24-17)23-18(21)19(22,14-5-3-7-25-14)15-6-4-8-26-15/h3-8,11-13,16-17,22H,9-10H2,1-2H3/q+1/t11?,12?,13?,16-,17?/m0/s1. The van der Waals surface area contributed by atoms with Crippen molar-refractivity contribution in [2.75, 3.05) is 14.1 Å². The number of likely N-dealkylation sites (N-methyl/N-ethyl adjacent to an activating group) is 1. The second-order valence-electron chi connectivity index (χ2n) is 7.99. The molecule has 3 saturated heterocycles. The van der Waals surface area contributed by atoms with Gasteiger partial charge in [-0.3, -0.25) is 0 Å². The van der Waals surface area contributed by atoms with Crippen LogP contribution in [0.5, 0.6) is 0 Å². The smallest absolute Gasteiger partial charge is 0.349 e. The second-order valence-corrected chi connectivity index (χ2v) is 9.89. The Bertz CT molecular complexity index is 762. The maximum absolute atomic E-state index is 13.1. The van der Waals surface area contributed by atoms with Crippen molar-refractivity contribution >= 4 is 28.6 Å². The van der Waals surface area contributed by atoms with Gasteiger partial charge < -0.3 is 19.1 Å². The Morgan fingerprint density at radius 1 is 1.15 bits per heavy atom. The first-order valence-corrected chi connectivity index (χ1v) is 10.7. The fraction of sp³-hybridized carbons (Fsp3) is 0.526. The van der Waals surface area contributed by atoms with Gasteiger partial charge >= 0.3 is 5.97 Å². The number of rotatable bonds is 4. The van der Waals surface area contributed by atoms with Crippen LogP contribution in [-0.2, 0) is 19.9 Å². The number of carbonyl (C=O) groups is 1. The molecule has 4 unspecified atom stereocenters. The predicted molar refractivity (Wildman–Crippen MR) is 99.1 cm³/mol. The number of thiophene rings is 2. The first-order chi connectivity index (χ1) is 12.4. The van der Waals surface area contributed by atoms with Gasteiger partial charge in [0.1, 0.15) is 30.4 Å². The zero-order valence-corrected chi connectivity index (χ0v) is 16.3. The minimum absolute atomic E-state index is 0.161. The van der Waals surface area contributed by atoms with Gasteiger partial charge in [0.25, 0.3) is 0 Å². The van der Waals surface area contributed by atoms with Crippen molar-refractivity contribution in [3.05, 3.63) is 44.8 Å². The SMILES string of the molecule is C[N+]1(C)C2CC(OC(=O)C(O)(c3cccs3)c3cccs3)CC1[C@@H]1OC21. The van der Waals surface area contributed by atoms with Gasteiger partial charge in [0, 0.05) is 12.8 Å². The summed E-state index contributed by atoms with van der Waals surface area (Å²) >= 11 is 2.74. The summed E-state index contributed by atoms with van der Waals surface area (Å²) < 4.78 is 12.6. The lowest BCUT2D eigenvalue weighted by atomic mass is 9.95. The average molecular weight is 393 g/mol. The van der Waals surface area contributed by atoms with Crippen molar-refractivity contribution in [2.45, 2.75) is 48.8 Å². The maximum Gasteiger partial charge on any atom is 0.349 e. The highest BCUT2D eigenvalue weighted by molar-refractivity contribution is 7.12. The Balaban J connectivity index is 1.40. The Hall–Kier alpha value is -1.25. The minimum atomic E-state index is -1.72. The molecule has 0 saturated carbocycles. The third-order valence-corrected chi connectivity index (χ3v) is 8.32. The molecule has 5 atom stereocenters. The number of ether oxygens (including phenoxy) is 2. The quantitative estimate of drug-likeness (QED) is 0.493. The largest absolute Gasteiger partial charge is 0.459 e. The van der Waals surface area contributed by atoms with E-state index in [2.05, 4.69) is 14.1 Å². The van der Waals surface area contributed by atoms with E-state index in [9.17, 15) is 9.90 Å². The molecule has 3 aliphatic rings. The Morgan fingerprint density at radius 3 is 2.15 bits per heavy atom. The topological polar surface area (TPSA) is 59.1 Å². The summed E-state index contributed by atoms with van der Waals surface area (Å²) in [4.78, 5) is 14.3. The van der Waals surface area contributed by atoms with Crippen LogP contribution in [0.2, 0.25) is 0 Å². The molecule has 3 aliphatic heterocycles. The van der Waals surface area contributed by atoms with Gasteiger partial charge in [0.2, 0.25) is 5.60 Å². The maximum atomic E-state index is 13.1. The van der Waals surface area contributed by atoms with Gasteiger partial charge in [0.15, 0.2) is 0 Å². The van der Waals surface area contributed by atoms with Crippen molar-refractivity contribution in [1.82, 2.24) is 0 Å². The average Bonchev–Trinajstić information content (AvgIpc) is 2.98. The third-order valence-electron chi connectivity index (χ3n) is 6.36. The number of hydrogen-bond acceptors (Lipinski definition) is 6. The Kier molecular flexibility index (Phi) is 3.65. The number of hydrogen-bond donors (Lipinski definition) is 1. The van der Waals surface area contributed by atoms with Crippen LogP contribution in [0.4, 0.5) is 0 Å². The van der Waals surface area contributed by atoms with Gasteiger partial charge in [-0.2, -0.15) is 0 Å². The van der Waals surface area contributed by atoms with Crippen LogP contribution in [0.1, 0.15) is 22.6 Å². The van der Waals surface area contributed by atoms with E-state index in [1.54, 1.807) is 12.1 Å². The molecule has 2 aromatic rings. The van der Waals surface area contributed by atoms with Crippen molar-refractivity contribution in [2.24, 2.45) is 0 Å². The zero-order chi connectivity index (χ0) is 18.1. The number of morpholine rings is 1. The lowest BCUT2D eigenvalue weighted by molar-refractivity contribution is -0.938. The molecule has 138 valence electrons. The van der Waals surface area contributed by atoms with Crippen LogP contribution in [0.3, 0.4) is 0 Å². The summed E-state index contributed by atoms with van der Waals surface area (Å²) in [5.41, 5.74) is -1.72. The summed E-state index contributed by atoms with van der Waals surface area (Å²) in [5, 5.41) is 15.1.